The number of benzene rings is 6. The molecule has 0 saturated heterocycles. The van der Waals surface area contributed by atoms with Crippen molar-refractivity contribution in [2.24, 2.45) is 0 Å². The summed E-state index contributed by atoms with van der Waals surface area (Å²) in [5.74, 6) is 0. The zero-order chi connectivity index (χ0) is 27.3. The lowest BCUT2D eigenvalue weighted by atomic mass is 10.0. The van der Waals surface area contributed by atoms with Gasteiger partial charge in [0.15, 0.2) is 0 Å². The first kappa shape index (κ1) is 25.9. The molecule has 0 fully saturated rings. The van der Waals surface area contributed by atoms with Crippen LogP contribution in [0.25, 0.3) is 11.1 Å². The summed E-state index contributed by atoms with van der Waals surface area (Å²) in [5, 5.41) is 0. The second-order valence-corrected chi connectivity index (χ2v) is 11.0. The van der Waals surface area contributed by atoms with Crippen LogP contribution in [-0.4, -0.2) is 0 Å². The van der Waals surface area contributed by atoms with Crippen molar-refractivity contribution in [3.05, 3.63) is 167 Å². The average molecular weight is 629 g/mol. The van der Waals surface area contributed by atoms with Crippen LogP contribution in [0.15, 0.2) is 158 Å². The summed E-state index contributed by atoms with van der Waals surface area (Å²) >= 11 is 2.38. The van der Waals surface area contributed by atoms with E-state index in [0.717, 1.165) is 34.1 Å². The number of rotatable bonds is 7. The number of halogens is 1. The maximum absolute atomic E-state index is 2.38. The molecule has 6 aromatic carbocycles. The number of hydrogen-bond acceptors (Lipinski definition) is 2. The molecule has 0 N–H and O–H groups in total. The number of anilines is 6. The molecule has 0 aromatic heterocycles. The second kappa shape index (κ2) is 11.8. The molecular weight excluding hydrogens is 599 g/mol. The van der Waals surface area contributed by atoms with Crippen LogP contribution >= 0.6 is 22.6 Å². The normalized spacial score (nSPS) is 10.8. The minimum atomic E-state index is 1.13. The Morgan fingerprint density at radius 3 is 1.23 bits per heavy atom. The van der Waals surface area contributed by atoms with Gasteiger partial charge in [0.1, 0.15) is 0 Å². The molecule has 40 heavy (non-hydrogen) atoms. The third kappa shape index (κ3) is 5.65. The zero-order valence-electron chi connectivity index (χ0n) is 22.3. The molecule has 0 saturated carbocycles. The van der Waals surface area contributed by atoms with Crippen molar-refractivity contribution in [1.29, 1.82) is 0 Å². The Labute approximate surface area is 250 Å². The molecule has 6 rings (SSSR count). The van der Waals surface area contributed by atoms with Gasteiger partial charge in [0.2, 0.25) is 0 Å². The van der Waals surface area contributed by atoms with E-state index < -0.39 is 0 Å². The van der Waals surface area contributed by atoms with Crippen LogP contribution in [0.3, 0.4) is 0 Å². The summed E-state index contributed by atoms with van der Waals surface area (Å²) in [6.45, 7) is 2.14. The van der Waals surface area contributed by atoms with Crippen LogP contribution in [0.4, 0.5) is 34.1 Å². The van der Waals surface area contributed by atoms with E-state index in [0.29, 0.717) is 0 Å². The van der Waals surface area contributed by atoms with Crippen molar-refractivity contribution in [3.63, 3.8) is 0 Å². The number of para-hydroxylation sites is 2. The third-order valence-electron chi connectivity index (χ3n) is 6.94. The summed E-state index contributed by atoms with van der Waals surface area (Å²) in [5.41, 5.74) is 10.5. The molecule has 0 unspecified atom stereocenters. The van der Waals surface area contributed by atoms with Gasteiger partial charge < -0.3 is 9.80 Å². The molecule has 0 aliphatic rings. The summed E-state index contributed by atoms with van der Waals surface area (Å²) in [4.78, 5) is 4.60. The summed E-state index contributed by atoms with van der Waals surface area (Å²) in [6.07, 6.45) is 0. The first-order valence-corrected chi connectivity index (χ1v) is 14.5. The van der Waals surface area contributed by atoms with Crippen molar-refractivity contribution < 1.29 is 0 Å². The van der Waals surface area contributed by atoms with Gasteiger partial charge in [-0.3, -0.25) is 0 Å². The number of nitrogens with zero attached hydrogens (tertiary/aromatic N) is 2. The topological polar surface area (TPSA) is 6.48 Å². The summed E-state index contributed by atoms with van der Waals surface area (Å²) in [6, 6.07) is 56.0. The van der Waals surface area contributed by atoms with Gasteiger partial charge in [-0.05, 0) is 125 Å². The second-order valence-electron chi connectivity index (χ2n) is 9.75. The molecule has 0 atom stereocenters. The van der Waals surface area contributed by atoms with E-state index in [4.69, 9.17) is 0 Å². The average Bonchev–Trinajstić information content (AvgIpc) is 3.00. The largest absolute Gasteiger partial charge is 0.310 e. The number of hydrogen-bond donors (Lipinski definition) is 0. The standard InChI is InChI=1S/C37H29IN2/c1-28-10-8-16-36(26-28)39(32-12-4-2-5-13-32)34-22-18-29(19-23-34)30-20-24-35(25-21-30)40(33-14-6-3-7-15-33)37-17-9-11-31(38)27-37/h2-27H,1H3. The fourth-order valence-corrected chi connectivity index (χ4v) is 5.56. The van der Waals surface area contributed by atoms with E-state index in [1.165, 1.54) is 20.3 Å². The SMILES string of the molecule is Cc1cccc(N(c2ccccc2)c2ccc(-c3ccc(N(c4ccccc4)c4cccc(I)c4)cc3)cc2)c1. The molecule has 0 heterocycles. The van der Waals surface area contributed by atoms with E-state index in [1.807, 2.05) is 0 Å². The minimum absolute atomic E-state index is 1.13. The molecule has 0 spiro atoms. The Morgan fingerprint density at radius 2 is 0.775 bits per heavy atom. The lowest BCUT2D eigenvalue weighted by Gasteiger charge is -2.26. The van der Waals surface area contributed by atoms with E-state index >= 15 is 0 Å². The molecule has 0 bridgehead atoms. The highest BCUT2D eigenvalue weighted by Crippen LogP contribution is 2.38. The molecule has 0 aliphatic heterocycles. The fraction of sp³-hybridized carbons (Fsp3) is 0.0270. The van der Waals surface area contributed by atoms with Crippen molar-refractivity contribution in [2.45, 2.75) is 6.92 Å². The smallest absolute Gasteiger partial charge is 0.0472 e. The summed E-state index contributed by atoms with van der Waals surface area (Å²) < 4.78 is 1.21. The quantitative estimate of drug-likeness (QED) is 0.162. The fourth-order valence-electron chi connectivity index (χ4n) is 5.04. The lowest BCUT2D eigenvalue weighted by molar-refractivity contribution is 1.27. The predicted molar refractivity (Wildman–Crippen MR) is 179 cm³/mol. The van der Waals surface area contributed by atoms with Gasteiger partial charge in [-0.1, -0.05) is 78.9 Å². The Bertz CT molecular complexity index is 1570. The van der Waals surface area contributed by atoms with Gasteiger partial charge in [0.05, 0.1) is 0 Å². The van der Waals surface area contributed by atoms with E-state index in [-0.39, 0.29) is 0 Å². The molecule has 6 aromatic rings. The van der Waals surface area contributed by atoms with Crippen LogP contribution in [0.5, 0.6) is 0 Å². The van der Waals surface area contributed by atoms with Crippen molar-refractivity contribution >= 4 is 56.7 Å². The minimum Gasteiger partial charge on any atom is -0.310 e. The van der Waals surface area contributed by atoms with Crippen molar-refractivity contribution in [2.75, 3.05) is 9.80 Å². The van der Waals surface area contributed by atoms with Gasteiger partial charge in [-0.15, -0.1) is 0 Å². The molecule has 0 amide bonds. The zero-order valence-corrected chi connectivity index (χ0v) is 24.4. The Morgan fingerprint density at radius 1 is 0.375 bits per heavy atom. The number of aryl methyl sites for hydroxylation is 1. The van der Waals surface area contributed by atoms with Gasteiger partial charge in [0.25, 0.3) is 0 Å². The maximum atomic E-state index is 2.38. The van der Waals surface area contributed by atoms with Crippen LogP contribution in [-0.2, 0) is 0 Å². The van der Waals surface area contributed by atoms with E-state index in [1.54, 1.807) is 0 Å². The molecule has 2 nitrogen and oxygen atoms in total. The maximum Gasteiger partial charge on any atom is 0.0472 e. The van der Waals surface area contributed by atoms with Crippen LogP contribution in [0.1, 0.15) is 5.56 Å². The summed E-state index contributed by atoms with van der Waals surface area (Å²) in [7, 11) is 0. The monoisotopic (exact) mass is 628 g/mol. The Kier molecular flexibility index (Phi) is 7.64. The van der Waals surface area contributed by atoms with Crippen LogP contribution in [0, 0.1) is 10.5 Å². The van der Waals surface area contributed by atoms with Crippen LogP contribution in [0.2, 0.25) is 0 Å². The highest BCUT2D eigenvalue weighted by Gasteiger charge is 2.14. The van der Waals surface area contributed by atoms with E-state index in [9.17, 15) is 0 Å². The third-order valence-corrected chi connectivity index (χ3v) is 7.61. The molecular formula is C37H29IN2. The van der Waals surface area contributed by atoms with Gasteiger partial charge >= 0.3 is 0 Å². The Balaban J connectivity index is 1.32. The van der Waals surface area contributed by atoms with Crippen LogP contribution < -0.4 is 9.80 Å². The van der Waals surface area contributed by atoms with Gasteiger partial charge in [-0.25, -0.2) is 0 Å². The molecule has 194 valence electrons. The highest BCUT2D eigenvalue weighted by molar-refractivity contribution is 14.1. The van der Waals surface area contributed by atoms with Crippen molar-refractivity contribution in [1.82, 2.24) is 0 Å². The van der Waals surface area contributed by atoms with E-state index in [2.05, 4.69) is 197 Å². The molecule has 3 heteroatoms. The van der Waals surface area contributed by atoms with Gasteiger partial charge in [-0.2, -0.15) is 0 Å². The van der Waals surface area contributed by atoms with Crippen molar-refractivity contribution in [3.8, 4) is 11.1 Å². The molecule has 0 aliphatic carbocycles. The van der Waals surface area contributed by atoms with Gasteiger partial charge in [0, 0.05) is 37.7 Å². The lowest BCUT2D eigenvalue weighted by Crippen LogP contribution is -2.10. The first-order chi connectivity index (χ1) is 19.7. The predicted octanol–water partition coefficient (Wildman–Crippen LogP) is 11.2. The highest BCUT2D eigenvalue weighted by atomic mass is 127. The first-order valence-electron chi connectivity index (χ1n) is 13.4. The molecule has 0 radical (unpaired) electrons. The Hall–Kier alpha value is -4.35.